The molecule has 10 heteroatoms. The second kappa shape index (κ2) is 11.3. The minimum Gasteiger partial charge on any atom is -0.468 e. The number of nitrogens with two attached hydrogens (primary N) is 1. The molecule has 2 rings (SSSR count). The van der Waals surface area contributed by atoms with Gasteiger partial charge in [0.25, 0.3) is 0 Å². The van der Waals surface area contributed by atoms with Crippen LogP contribution in [0, 0.1) is 0 Å². The van der Waals surface area contributed by atoms with Crippen LogP contribution in [0.15, 0.2) is 24.3 Å². The fourth-order valence-corrected chi connectivity index (χ4v) is 4.04. The summed E-state index contributed by atoms with van der Waals surface area (Å²) in [7, 11) is 1.35. The second-order valence-corrected chi connectivity index (χ2v) is 8.11. The van der Waals surface area contributed by atoms with Crippen LogP contribution in [-0.2, 0) is 14.3 Å². The van der Waals surface area contributed by atoms with Gasteiger partial charge in [0.1, 0.15) is 12.1 Å². The van der Waals surface area contributed by atoms with Gasteiger partial charge < -0.3 is 20.7 Å². The molecule has 0 aromatic heterocycles. The van der Waals surface area contributed by atoms with Gasteiger partial charge in [-0.1, -0.05) is 23.7 Å². The first-order valence-electron chi connectivity index (χ1n) is 9.28. The molecule has 8 nitrogen and oxygen atoms in total. The predicted octanol–water partition coefficient (Wildman–Crippen LogP) is 1.49. The van der Waals surface area contributed by atoms with E-state index >= 15 is 0 Å². The summed E-state index contributed by atoms with van der Waals surface area (Å²) in [4.78, 5) is 40.2. The topological polar surface area (TPSA) is 105 Å². The first-order chi connectivity index (χ1) is 13.9. The normalized spacial score (nSPS) is 16.7. The van der Waals surface area contributed by atoms with Crippen molar-refractivity contribution in [2.24, 2.45) is 5.73 Å². The number of hydrogen-bond acceptors (Lipinski definition) is 6. The molecule has 3 amide bonds. The van der Waals surface area contributed by atoms with E-state index in [4.69, 9.17) is 22.1 Å². The maximum atomic E-state index is 12.8. The van der Waals surface area contributed by atoms with Crippen LogP contribution in [-0.4, -0.2) is 79.0 Å². The number of esters is 1. The van der Waals surface area contributed by atoms with Gasteiger partial charge in [-0.3, -0.25) is 9.69 Å². The number of amides is 3. The van der Waals surface area contributed by atoms with E-state index in [1.165, 1.54) is 7.11 Å². The monoisotopic (exact) mass is 442 g/mol. The third-order valence-corrected chi connectivity index (χ3v) is 5.68. The Morgan fingerprint density at radius 1 is 1.28 bits per heavy atom. The average Bonchev–Trinajstić information content (AvgIpc) is 2.71. The maximum Gasteiger partial charge on any atom is 0.327 e. The molecule has 0 unspecified atom stereocenters. The van der Waals surface area contributed by atoms with Crippen LogP contribution in [0.1, 0.15) is 18.0 Å². The number of carbonyl (C=O) groups is 3. The van der Waals surface area contributed by atoms with Crippen LogP contribution in [0.5, 0.6) is 0 Å². The Bertz CT molecular complexity index is 728. The third kappa shape index (κ3) is 6.52. The van der Waals surface area contributed by atoms with Crippen molar-refractivity contribution in [3.8, 4) is 0 Å². The number of halogens is 1. The maximum absolute atomic E-state index is 12.8. The van der Waals surface area contributed by atoms with Gasteiger partial charge in [-0.25, -0.2) is 9.59 Å². The molecular weight excluding hydrogens is 416 g/mol. The van der Waals surface area contributed by atoms with E-state index in [0.717, 1.165) is 11.3 Å². The molecule has 0 bridgehead atoms. The molecule has 1 fully saturated rings. The molecule has 1 heterocycles. The highest BCUT2D eigenvalue weighted by atomic mass is 35.5. The molecule has 0 saturated carbocycles. The lowest BCUT2D eigenvalue weighted by Gasteiger charge is -2.39. The summed E-state index contributed by atoms with van der Waals surface area (Å²) in [6.45, 7) is 1.85. The third-order valence-electron chi connectivity index (χ3n) is 4.81. The molecule has 1 saturated heterocycles. The summed E-state index contributed by atoms with van der Waals surface area (Å²) in [6, 6.07) is 5.17. The first kappa shape index (κ1) is 23.3. The molecule has 0 radical (unpaired) electrons. The number of ether oxygens (including phenoxy) is 1. The first-order valence-corrected chi connectivity index (χ1v) is 11.1. The summed E-state index contributed by atoms with van der Waals surface area (Å²) < 4.78 is 4.99. The SMILES string of the molecule is COC(=O)[C@@H](c1cccc(Cl)c1)N1CCN(C(=O)[C@H](CCSC)NC(N)=O)CC1. The van der Waals surface area contributed by atoms with Gasteiger partial charge in [-0.2, -0.15) is 11.8 Å². The van der Waals surface area contributed by atoms with Gasteiger partial charge >= 0.3 is 12.0 Å². The van der Waals surface area contributed by atoms with Crippen LogP contribution in [0.25, 0.3) is 0 Å². The van der Waals surface area contributed by atoms with Crippen molar-refractivity contribution >= 4 is 41.3 Å². The number of urea groups is 1. The number of nitrogens with one attached hydrogen (secondary N) is 1. The van der Waals surface area contributed by atoms with Crippen LogP contribution in [0.2, 0.25) is 5.02 Å². The number of rotatable bonds is 8. The number of carbonyl (C=O) groups excluding carboxylic acids is 3. The Balaban J connectivity index is 2.07. The van der Waals surface area contributed by atoms with Crippen molar-refractivity contribution in [3.05, 3.63) is 34.9 Å². The number of piperazine rings is 1. The standard InChI is InChI=1S/C19H27ClN4O4S/c1-28-18(26)16(13-4-3-5-14(20)12-13)23-7-9-24(10-8-23)17(25)15(6-11-29-2)22-19(21)27/h3-5,12,15-16H,6-11H2,1-2H3,(H3,21,22,27)/t15-,16+/m0/s1. The van der Waals surface area contributed by atoms with E-state index in [0.29, 0.717) is 37.6 Å². The van der Waals surface area contributed by atoms with E-state index in [1.807, 2.05) is 17.2 Å². The van der Waals surface area contributed by atoms with Gasteiger partial charge in [0.05, 0.1) is 7.11 Å². The number of methoxy groups -OCH3 is 1. The van der Waals surface area contributed by atoms with Crippen molar-refractivity contribution in [3.63, 3.8) is 0 Å². The van der Waals surface area contributed by atoms with Crippen LogP contribution in [0.4, 0.5) is 4.79 Å². The second-order valence-electron chi connectivity index (χ2n) is 6.68. The van der Waals surface area contributed by atoms with E-state index in [1.54, 1.807) is 34.9 Å². The van der Waals surface area contributed by atoms with Crippen molar-refractivity contribution in [1.29, 1.82) is 0 Å². The smallest absolute Gasteiger partial charge is 0.327 e. The van der Waals surface area contributed by atoms with Crippen molar-refractivity contribution < 1.29 is 19.1 Å². The lowest BCUT2D eigenvalue weighted by molar-refractivity contribution is -0.148. The molecule has 0 spiro atoms. The Labute approximate surface area is 180 Å². The van der Waals surface area contributed by atoms with E-state index < -0.39 is 18.1 Å². The Kier molecular flexibility index (Phi) is 9.06. The summed E-state index contributed by atoms with van der Waals surface area (Å²) >= 11 is 7.69. The minimum atomic E-state index is -0.713. The molecule has 2 atom stereocenters. The molecule has 1 aromatic rings. The van der Waals surface area contributed by atoms with Crippen molar-refractivity contribution in [2.75, 3.05) is 45.3 Å². The Morgan fingerprint density at radius 2 is 1.97 bits per heavy atom. The number of thioether (sulfide) groups is 1. The van der Waals surface area contributed by atoms with Gasteiger partial charge in [-0.05, 0) is 36.1 Å². The van der Waals surface area contributed by atoms with E-state index in [2.05, 4.69) is 5.32 Å². The molecule has 29 heavy (non-hydrogen) atoms. The Morgan fingerprint density at radius 3 is 2.52 bits per heavy atom. The fraction of sp³-hybridized carbons (Fsp3) is 0.526. The molecule has 0 aliphatic carbocycles. The zero-order valence-corrected chi connectivity index (χ0v) is 18.2. The molecule has 160 valence electrons. The van der Waals surface area contributed by atoms with Crippen LogP contribution >= 0.6 is 23.4 Å². The number of benzene rings is 1. The number of primary amides is 1. The van der Waals surface area contributed by atoms with Gasteiger partial charge in [0.2, 0.25) is 5.91 Å². The zero-order valence-electron chi connectivity index (χ0n) is 16.6. The van der Waals surface area contributed by atoms with Crippen molar-refractivity contribution in [2.45, 2.75) is 18.5 Å². The van der Waals surface area contributed by atoms with E-state index in [-0.39, 0.29) is 11.9 Å². The average molecular weight is 443 g/mol. The molecule has 1 aromatic carbocycles. The summed E-state index contributed by atoms with van der Waals surface area (Å²) in [6.07, 6.45) is 2.45. The molecule has 3 N–H and O–H groups in total. The largest absolute Gasteiger partial charge is 0.468 e. The minimum absolute atomic E-state index is 0.158. The fourth-order valence-electron chi connectivity index (χ4n) is 3.37. The number of nitrogens with zero attached hydrogens (tertiary/aromatic N) is 2. The Hall–Kier alpha value is -1.97. The van der Waals surface area contributed by atoms with Gasteiger partial charge in [0.15, 0.2) is 0 Å². The van der Waals surface area contributed by atoms with E-state index in [9.17, 15) is 14.4 Å². The molecule has 1 aliphatic rings. The quantitative estimate of drug-likeness (QED) is 0.591. The van der Waals surface area contributed by atoms with Gasteiger partial charge in [0, 0.05) is 31.2 Å². The lowest BCUT2D eigenvalue weighted by atomic mass is 10.0. The highest BCUT2D eigenvalue weighted by Crippen LogP contribution is 2.26. The van der Waals surface area contributed by atoms with Crippen molar-refractivity contribution in [1.82, 2.24) is 15.1 Å². The predicted molar refractivity (Wildman–Crippen MR) is 114 cm³/mol. The summed E-state index contributed by atoms with van der Waals surface area (Å²) in [5.74, 6) is 0.200. The highest BCUT2D eigenvalue weighted by Gasteiger charge is 2.34. The zero-order chi connectivity index (χ0) is 21.4. The highest BCUT2D eigenvalue weighted by molar-refractivity contribution is 7.98. The van der Waals surface area contributed by atoms with Crippen LogP contribution < -0.4 is 11.1 Å². The molecule has 1 aliphatic heterocycles. The lowest BCUT2D eigenvalue weighted by Crippen LogP contribution is -2.56. The van der Waals surface area contributed by atoms with Crippen LogP contribution in [0.3, 0.4) is 0 Å². The molecular formula is C19H27ClN4O4S. The van der Waals surface area contributed by atoms with Gasteiger partial charge in [-0.15, -0.1) is 0 Å². The summed E-state index contributed by atoms with van der Waals surface area (Å²) in [5, 5.41) is 3.08. The number of hydrogen-bond donors (Lipinski definition) is 2. The summed E-state index contributed by atoms with van der Waals surface area (Å²) in [5.41, 5.74) is 5.97.